The van der Waals surface area contributed by atoms with Gasteiger partial charge in [-0.05, 0) is 37.8 Å². The molecule has 1 aliphatic carbocycles. The molecule has 1 fully saturated rings. The van der Waals surface area contributed by atoms with Crippen molar-refractivity contribution in [1.82, 2.24) is 0 Å². The van der Waals surface area contributed by atoms with E-state index in [0.717, 1.165) is 25.7 Å². The molecular weight excluding hydrogens is 254 g/mol. The van der Waals surface area contributed by atoms with Crippen molar-refractivity contribution in [3.8, 4) is 5.75 Å². The maximum Gasteiger partial charge on any atom is 0.329 e. The maximum absolute atomic E-state index is 11.0. The summed E-state index contributed by atoms with van der Waals surface area (Å²) >= 11 is 5.85. The van der Waals surface area contributed by atoms with E-state index in [1.165, 1.54) is 18.9 Å². The zero-order chi connectivity index (χ0) is 13.0. The number of hydrogen-bond acceptors (Lipinski definition) is 3. The Hall–Kier alpha value is -1.29. The van der Waals surface area contributed by atoms with Crippen LogP contribution in [0.25, 0.3) is 0 Å². The summed E-state index contributed by atoms with van der Waals surface area (Å²) in [7, 11) is 0. The van der Waals surface area contributed by atoms with Crippen LogP contribution in [0.5, 0.6) is 5.75 Å². The number of ether oxygens (including phenoxy) is 1. The minimum Gasteiger partial charge on any atom is -0.483 e. The predicted octanol–water partition coefficient (Wildman–Crippen LogP) is 4.35. The molecule has 0 N–H and O–H groups in total. The van der Waals surface area contributed by atoms with Crippen LogP contribution in [0.2, 0.25) is 5.02 Å². The average Bonchev–Trinajstić information content (AvgIpc) is 2.57. The van der Waals surface area contributed by atoms with Gasteiger partial charge in [-0.25, -0.2) is 0 Å². The van der Waals surface area contributed by atoms with E-state index in [4.69, 9.17) is 16.3 Å². The van der Waals surface area contributed by atoms with Crippen LogP contribution < -0.4 is 4.74 Å². The van der Waals surface area contributed by atoms with Gasteiger partial charge in [0.2, 0.25) is 0 Å². The highest BCUT2D eigenvalue weighted by Gasteiger charge is 2.23. The molecule has 0 atom stereocenters. The SMILES string of the molecule is O=[N+]([O-])c1c(Cl)cccc1OC1CCCCCC1. The molecule has 18 heavy (non-hydrogen) atoms. The highest BCUT2D eigenvalue weighted by Crippen LogP contribution is 2.36. The molecule has 1 saturated carbocycles. The van der Waals surface area contributed by atoms with Crippen LogP contribution in [0.3, 0.4) is 0 Å². The van der Waals surface area contributed by atoms with Crippen molar-refractivity contribution in [2.45, 2.75) is 44.6 Å². The number of nitrogens with zero attached hydrogens (tertiary/aromatic N) is 1. The van der Waals surface area contributed by atoms with Crippen LogP contribution >= 0.6 is 11.6 Å². The van der Waals surface area contributed by atoms with E-state index in [1.807, 2.05) is 0 Å². The normalized spacial score (nSPS) is 17.2. The largest absolute Gasteiger partial charge is 0.483 e. The van der Waals surface area contributed by atoms with Gasteiger partial charge in [0.25, 0.3) is 0 Å². The van der Waals surface area contributed by atoms with E-state index < -0.39 is 4.92 Å². The summed E-state index contributed by atoms with van der Waals surface area (Å²) in [5, 5.41) is 11.1. The minimum absolute atomic E-state index is 0.0738. The Morgan fingerprint density at radius 2 is 1.89 bits per heavy atom. The molecule has 0 heterocycles. The van der Waals surface area contributed by atoms with Gasteiger partial charge in [-0.1, -0.05) is 30.5 Å². The summed E-state index contributed by atoms with van der Waals surface area (Å²) in [5.41, 5.74) is -0.122. The zero-order valence-corrected chi connectivity index (χ0v) is 10.9. The summed E-state index contributed by atoms with van der Waals surface area (Å²) in [4.78, 5) is 10.5. The van der Waals surface area contributed by atoms with Crippen molar-refractivity contribution in [3.63, 3.8) is 0 Å². The second-order valence-electron chi connectivity index (χ2n) is 4.58. The van der Waals surface area contributed by atoms with E-state index >= 15 is 0 Å². The third kappa shape index (κ3) is 3.13. The lowest BCUT2D eigenvalue weighted by Crippen LogP contribution is -2.15. The van der Waals surface area contributed by atoms with Gasteiger partial charge in [-0.15, -0.1) is 0 Å². The van der Waals surface area contributed by atoms with Crippen molar-refractivity contribution < 1.29 is 9.66 Å². The fourth-order valence-corrected chi connectivity index (χ4v) is 2.54. The number of benzene rings is 1. The Labute approximate surface area is 111 Å². The Kier molecular flexibility index (Phi) is 4.42. The van der Waals surface area contributed by atoms with Gasteiger partial charge in [-0.2, -0.15) is 0 Å². The predicted molar refractivity (Wildman–Crippen MR) is 70.2 cm³/mol. The van der Waals surface area contributed by atoms with Gasteiger partial charge in [-0.3, -0.25) is 10.1 Å². The van der Waals surface area contributed by atoms with Gasteiger partial charge >= 0.3 is 5.69 Å². The van der Waals surface area contributed by atoms with Crippen LogP contribution in [0, 0.1) is 10.1 Å². The van der Waals surface area contributed by atoms with Crippen LogP contribution in [0.15, 0.2) is 18.2 Å². The van der Waals surface area contributed by atoms with E-state index in [9.17, 15) is 10.1 Å². The van der Waals surface area contributed by atoms with Gasteiger partial charge in [0.1, 0.15) is 5.02 Å². The van der Waals surface area contributed by atoms with Gasteiger partial charge in [0.15, 0.2) is 5.75 Å². The number of hydrogen-bond donors (Lipinski definition) is 0. The summed E-state index contributed by atoms with van der Waals surface area (Å²) in [6, 6.07) is 4.82. The first kappa shape index (κ1) is 13.1. The maximum atomic E-state index is 11.0. The second-order valence-corrected chi connectivity index (χ2v) is 4.98. The highest BCUT2D eigenvalue weighted by molar-refractivity contribution is 6.32. The summed E-state index contributed by atoms with van der Waals surface area (Å²) in [6.45, 7) is 0. The van der Waals surface area contributed by atoms with Crippen LogP contribution in [0.1, 0.15) is 38.5 Å². The summed E-state index contributed by atoms with van der Waals surface area (Å²) in [6.07, 6.45) is 6.69. The van der Waals surface area contributed by atoms with Crippen LogP contribution in [-0.2, 0) is 0 Å². The third-order valence-corrected chi connectivity index (χ3v) is 3.53. The smallest absolute Gasteiger partial charge is 0.329 e. The topological polar surface area (TPSA) is 52.4 Å². The quantitative estimate of drug-likeness (QED) is 0.466. The molecule has 1 aromatic rings. The molecule has 1 aromatic carbocycles. The van der Waals surface area contributed by atoms with Crippen LogP contribution in [-0.4, -0.2) is 11.0 Å². The molecule has 0 aliphatic heterocycles. The number of nitro groups is 1. The number of nitro benzene ring substituents is 1. The lowest BCUT2D eigenvalue weighted by Gasteiger charge is -2.16. The molecule has 0 unspecified atom stereocenters. The van der Waals surface area contributed by atoms with E-state index in [0.29, 0.717) is 5.75 Å². The van der Waals surface area contributed by atoms with Gasteiger partial charge < -0.3 is 4.74 Å². The zero-order valence-electron chi connectivity index (χ0n) is 10.1. The number of halogens is 1. The first-order valence-corrected chi connectivity index (χ1v) is 6.66. The monoisotopic (exact) mass is 269 g/mol. The van der Waals surface area contributed by atoms with Crippen molar-refractivity contribution in [1.29, 1.82) is 0 Å². The Bertz CT molecular complexity index is 428. The highest BCUT2D eigenvalue weighted by atomic mass is 35.5. The molecule has 0 amide bonds. The lowest BCUT2D eigenvalue weighted by molar-refractivity contribution is -0.385. The number of rotatable bonds is 3. The molecule has 98 valence electrons. The third-order valence-electron chi connectivity index (χ3n) is 3.23. The fraction of sp³-hybridized carbons (Fsp3) is 0.538. The van der Waals surface area contributed by atoms with Crippen LogP contribution in [0.4, 0.5) is 5.69 Å². The summed E-state index contributed by atoms with van der Waals surface area (Å²) < 4.78 is 5.78. The molecule has 4 nitrogen and oxygen atoms in total. The molecule has 0 bridgehead atoms. The fourth-order valence-electron chi connectivity index (χ4n) is 2.31. The molecule has 0 saturated heterocycles. The second kappa shape index (κ2) is 6.05. The van der Waals surface area contributed by atoms with Crippen molar-refractivity contribution >= 4 is 17.3 Å². The lowest BCUT2D eigenvalue weighted by atomic mass is 10.1. The molecule has 0 spiro atoms. The van der Waals surface area contributed by atoms with E-state index in [-0.39, 0.29) is 16.8 Å². The molecule has 1 aliphatic rings. The Morgan fingerprint density at radius 1 is 1.22 bits per heavy atom. The Balaban J connectivity index is 2.17. The average molecular weight is 270 g/mol. The molecular formula is C13H16ClNO3. The first-order valence-electron chi connectivity index (χ1n) is 6.28. The van der Waals surface area contributed by atoms with E-state index in [2.05, 4.69) is 0 Å². The van der Waals surface area contributed by atoms with Crippen molar-refractivity contribution in [3.05, 3.63) is 33.3 Å². The standard InChI is InChI=1S/C13H16ClNO3/c14-11-8-5-9-12(13(11)15(16)17)18-10-6-3-1-2-4-7-10/h5,8-10H,1-4,6-7H2. The van der Waals surface area contributed by atoms with Gasteiger partial charge in [0, 0.05) is 0 Å². The summed E-state index contributed by atoms with van der Waals surface area (Å²) in [5.74, 6) is 0.291. The number of para-hydroxylation sites is 1. The molecule has 2 rings (SSSR count). The molecule has 0 aromatic heterocycles. The van der Waals surface area contributed by atoms with Crippen molar-refractivity contribution in [2.24, 2.45) is 0 Å². The molecule has 5 heteroatoms. The minimum atomic E-state index is -0.478. The molecule has 0 radical (unpaired) electrons. The van der Waals surface area contributed by atoms with E-state index in [1.54, 1.807) is 12.1 Å². The Morgan fingerprint density at radius 3 is 2.50 bits per heavy atom. The van der Waals surface area contributed by atoms with Gasteiger partial charge in [0.05, 0.1) is 11.0 Å². The van der Waals surface area contributed by atoms with Crippen molar-refractivity contribution in [2.75, 3.05) is 0 Å². The first-order chi connectivity index (χ1) is 8.68.